The molecule has 112 valence electrons. The minimum atomic E-state index is -3.60. The lowest BCUT2D eigenvalue weighted by molar-refractivity contribution is 0.0333. The SMILES string of the molecule is CNc1cc(S(=O)(=O)N(C)CC2(O)CCCC2)ccn1. The van der Waals surface area contributed by atoms with Crippen LogP contribution in [-0.2, 0) is 10.0 Å². The van der Waals surface area contributed by atoms with Crippen molar-refractivity contribution >= 4 is 15.8 Å². The zero-order valence-electron chi connectivity index (χ0n) is 11.8. The maximum absolute atomic E-state index is 12.5. The molecule has 0 amide bonds. The quantitative estimate of drug-likeness (QED) is 0.849. The molecule has 1 aromatic rings. The molecule has 1 fully saturated rings. The molecule has 1 heterocycles. The van der Waals surface area contributed by atoms with E-state index in [4.69, 9.17) is 0 Å². The zero-order chi connectivity index (χ0) is 14.8. The number of nitrogens with zero attached hydrogens (tertiary/aromatic N) is 2. The van der Waals surface area contributed by atoms with Crippen LogP contribution in [0.5, 0.6) is 0 Å². The minimum Gasteiger partial charge on any atom is -0.389 e. The first-order valence-electron chi connectivity index (χ1n) is 6.70. The van der Waals surface area contributed by atoms with Gasteiger partial charge in [0.15, 0.2) is 0 Å². The Morgan fingerprint density at radius 1 is 1.45 bits per heavy atom. The van der Waals surface area contributed by atoms with Gasteiger partial charge in [0, 0.05) is 32.9 Å². The lowest BCUT2D eigenvalue weighted by Gasteiger charge is -2.28. The van der Waals surface area contributed by atoms with E-state index >= 15 is 0 Å². The van der Waals surface area contributed by atoms with Crippen LogP contribution in [0, 0.1) is 0 Å². The molecule has 1 aliphatic rings. The second-order valence-corrected chi connectivity index (χ2v) is 7.36. The van der Waals surface area contributed by atoms with Crippen molar-refractivity contribution in [3.8, 4) is 0 Å². The maximum atomic E-state index is 12.5. The highest BCUT2D eigenvalue weighted by Gasteiger charge is 2.35. The van der Waals surface area contributed by atoms with Gasteiger partial charge in [0.2, 0.25) is 10.0 Å². The van der Waals surface area contributed by atoms with Gasteiger partial charge in [-0.25, -0.2) is 13.4 Å². The van der Waals surface area contributed by atoms with E-state index in [1.165, 1.54) is 29.7 Å². The standard InChI is InChI=1S/C13H21N3O3S/c1-14-12-9-11(5-8-15-12)20(18,19)16(2)10-13(17)6-3-4-7-13/h5,8-9,17H,3-4,6-7,10H2,1-2H3,(H,14,15). The van der Waals surface area contributed by atoms with Gasteiger partial charge in [0.05, 0.1) is 10.5 Å². The number of nitrogens with one attached hydrogen (secondary N) is 1. The van der Waals surface area contributed by atoms with Gasteiger partial charge in [-0.15, -0.1) is 0 Å². The second kappa shape index (κ2) is 5.67. The first-order chi connectivity index (χ1) is 9.37. The molecule has 0 spiro atoms. The zero-order valence-corrected chi connectivity index (χ0v) is 12.7. The predicted octanol–water partition coefficient (Wildman–Crippen LogP) is 1.05. The van der Waals surface area contributed by atoms with Crippen molar-refractivity contribution in [2.45, 2.75) is 36.2 Å². The molecule has 1 aromatic heterocycles. The largest absolute Gasteiger partial charge is 0.389 e. The summed E-state index contributed by atoms with van der Waals surface area (Å²) in [6.45, 7) is 0.131. The average molecular weight is 299 g/mol. The van der Waals surface area contributed by atoms with Crippen LogP contribution < -0.4 is 5.32 Å². The number of aliphatic hydroxyl groups is 1. The van der Waals surface area contributed by atoms with E-state index in [1.807, 2.05) is 0 Å². The number of sulfonamides is 1. The summed E-state index contributed by atoms with van der Waals surface area (Å²) < 4.78 is 26.2. The van der Waals surface area contributed by atoms with Crippen LogP contribution in [0.3, 0.4) is 0 Å². The van der Waals surface area contributed by atoms with E-state index in [2.05, 4.69) is 10.3 Å². The average Bonchev–Trinajstić information content (AvgIpc) is 2.85. The van der Waals surface area contributed by atoms with E-state index < -0.39 is 15.6 Å². The molecule has 0 radical (unpaired) electrons. The molecule has 0 bridgehead atoms. The Morgan fingerprint density at radius 3 is 2.70 bits per heavy atom. The smallest absolute Gasteiger partial charge is 0.243 e. The molecule has 7 heteroatoms. The lowest BCUT2D eigenvalue weighted by atomic mass is 10.0. The Morgan fingerprint density at radius 2 is 2.10 bits per heavy atom. The summed E-state index contributed by atoms with van der Waals surface area (Å²) in [5.41, 5.74) is -0.888. The second-order valence-electron chi connectivity index (χ2n) is 5.32. The first kappa shape index (κ1) is 15.2. The van der Waals surface area contributed by atoms with Crippen LogP contribution in [0.25, 0.3) is 0 Å². The van der Waals surface area contributed by atoms with Crippen molar-refractivity contribution in [2.75, 3.05) is 26.0 Å². The molecule has 2 N–H and O–H groups in total. The third-order valence-corrected chi connectivity index (χ3v) is 5.55. The van der Waals surface area contributed by atoms with E-state index in [0.717, 1.165) is 12.8 Å². The van der Waals surface area contributed by atoms with Crippen molar-refractivity contribution in [1.82, 2.24) is 9.29 Å². The maximum Gasteiger partial charge on any atom is 0.243 e. The fourth-order valence-electron chi connectivity index (χ4n) is 2.58. The third kappa shape index (κ3) is 3.11. The first-order valence-corrected chi connectivity index (χ1v) is 8.14. The van der Waals surface area contributed by atoms with Crippen LogP contribution in [-0.4, -0.2) is 49.1 Å². The molecule has 0 unspecified atom stereocenters. The van der Waals surface area contributed by atoms with Gasteiger partial charge in [-0.3, -0.25) is 0 Å². The Labute approximate surface area is 119 Å². The van der Waals surface area contributed by atoms with Gasteiger partial charge < -0.3 is 10.4 Å². The molecule has 0 atom stereocenters. The Hall–Kier alpha value is -1.18. The fraction of sp³-hybridized carbons (Fsp3) is 0.615. The predicted molar refractivity (Wildman–Crippen MR) is 77.0 cm³/mol. The van der Waals surface area contributed by atoms with Crippen LogP contribution >= 0.6 is 0 Å². The van der Waals surface area contributed by atoms with Gasteiger partial charge in [-0.1, -0.05) is 12.8 Å². The van der Waals surface area contributed by atoms with Crippen LogP contribution in [0.4, 0.5) is 5.82 Å². The molecular weight excluding hydrogens is 278 g/mol. The number of hydrogen-bond acceptors (Lipinski definition) is 5. The minimum absolute atomic E-state index is 0.131. The number of likely N-dealkylation sites (N-methyl/N-ethyl adjacent to an activating group) is 1. The van der Waals surface area contributed by atoms with E-state index in [0.29, 0.717) is 18.7 Å². The number of anilines is 1. The van der Waals surface area contributed by atoms with Crippen molar-refractivity contribution in [1.29, 1.82) is 0 Å². The van der Waals surface area contributed by atoms with Crippen molar-refractivity contribution < 1.29 is 13.5 Å². The molecular formula is C13H21N3O3S. The van der Waals surface area contributed by atoms with Crippen molar-refractivity contribution in [3.05, 3.63) is 18.3 Å². The summed E-state index contributed by atoms with van der Waals surface area (Å²) >= 11 is 0. The highest BCUT2D eigenvalue weighted by atomic mass is 32.2. The topological polar surface area (TPSA) is 82.5 Å². The molecule has 20 heavy (non-hydrogen) atoms. The highest BCUT2D eigenvalue weighted by molar-refractivity contribution is 7.89. The van der Waals surface area contributed by atoms with Crippen molar-refractivity contribution in [2.24, 2.45) is 0 Å². The lowest BCUT2D eigenvalue weighted by Crippen LogP contribution is -2.41. The third-order valence-electron chi connectivity index (χ3n) is 3.75. The number of aromatic nitrogens is 1. The Balaban J connectivity index is 2.20. The van der Waals surface area contributed by atoms with Gasteiger partial charge >= 0.3 is 0 Å². The molecule has 1 saturated carbocycles. The summed E-state index contributed by atoms with van der Waals surface area (Å²) in [6.07, 6.45) is 4.67. The number of rotatable bonds is 5. The Bertz CT molecular complexity index is 568. The van der Waals surface area contributed by atoms with Crippen LogP contribution in [0.1, 0.15) is 25.7 Å². The van der Waals surface area contributed by atoms with Crippen LogP contribution in [0.2, 0.25) is 0 Å². The summed E-state index contributed by atoms with van der Waals surface area (Å²) in [5.74, 6) is 0.499. The summed E-state index contributed by atoms with van der Waals surface area (Å²) in [5, 5.41) is 13.2. The van der Waals surface area contributed by atoms with Gasteiger partial charge in [0.25, 0.3) is 0 Å². The molecule has 0 aromatic carbocycles. The van der Waals surface area contributed by atoms with Gasteiger partial charge in [-0.05, 0) is 18.9 Å². The normalized spacial score (nSPS) is 18.4. The van der Waals surface area contributed by atoms with E-state index in [9.17, 15) is 13.5 Å². The molecule has 0 aliphatic heterocycles. The fourth-order valence-corrected chi connectivity index (χ4v) is 3.84. The molecule has 2 rings (SSSR count). The summed E-state index contributed by atoms with van der Waals surface area (Å²) in [4.78, 5) is 4.19. The molecule has 6 nitrogen and oxygen atoms in total. The Kier molecular flexibility index (Phi) is 4.31. The van der Waals surface area contributed by atoms with Crippen LogP contribution in [0.15, 0.2) is 23.2 Å². The van der Waals surface area contributed by atoms with Gasteiger partial charge in [-0.2, -0.15) is 4.31 Å². The highest BCUT2D eigenvalue weighted by Crippen LogP contribution is 2.31. The van der Waals surface area contributed by atoms with E-state index in [-0.39, 0.29) is 11.4 Å². The summed E-state index contributed by atoms with van der Waals surface area (Å²) in [6, 6.07) is 2.95. The van der Waals surface area contributed by atoms with E-state index in [1.54, 1.807) is 7.05 Å². The molecule has 0 saturated heterocycles. The summed E-state index contributed by atoms with van der Waals surface area (Å²) in [7, 11) is -0.415. The number of hydrogen-bond donors (Lipinski definition) is 2. The van der Waals surface area contributed by atoms with Crippen molar-refractivity contribution in [3.63, 3.8) is 0 Å². The monoisotopic (exact) mass is 299 g/mol. The number of pyridine rings is 1. The molecule has 1 aliphatic carbocycles. The van der Waals surface area contributed by atoms with Gasteiger partial charge in [0.1, 0.15) is 5.82 Å².